The zero-order valence-electron chi connectivity index (χ0n) is 14.4. The van der Waals surface area contributed by atoms with Gasteiger partial charge < -0.3 is 10.6 Å². The van der Waals surface area contributed by atoms with Gasteiger partial charge in [0.25, 0.3) is 0 Å². The van der Waals surface area contributed by atoms with Gasteiger partial charge in [-0.05, 0) is 70.6 Å². The van der Waals surface area contributed by atoms with Crippen molar-refractivity contribution in [3.05, 3.63) is 0 Å². The minimum Gasteiger partial charge on any atom is -0.355 e. The number of carbonyl (C=O) groups is 1. The van der Waals surface area contributed by atoms with Crippen molar-refractivity contribution < 1.29 is 4.79 Å². The molecule has 128 valence electrons. The van der Waals surface area contributed by atoms with Crippen molar-refractivity contribution in [1.29, 1.82) is 0 Å². The fourth-order valence-corrected chi connectivity index (χ4v) is 3.77. The molecular formula is C18H35N3O. The summed E-state index contributed by atoms with van der Waals surface area (Å²) in [6, 6.07) is 0.572. The molecule has 2 aliphatic heterocycles. The van der Waals surface area contributed by atoms with Crippen LogP contribution in [0.1, 0.15) is 64.7 Å². The van der Waals surface area contributed by atoms with Crippen LogP contribution in [0.5, 0.6) is 0 Å². The lowest BCUT2D eigenvalue weighted by Crippen LogP contribution is -2.47. The molecule has 0 aromatic carbocycles. The Hall–Kier alpha value is -0.610. The third kappa shape index (κ3) is 6.25. The highest BCUT2D eigenvalue weighted by Gasteiger charge is 2.22. The van der Waals surface area contributed by atoms with E-state index < -0.39 is 0 Å². The molecule has 2 fully saturated rings. The first-order valence-electron chi connectivity index (χ1n) is 9.51. The summed E-state index contributed by atoms with van der Waals surface area (Å²) in [5.41, 5.74) is 0. The molecule has 2 rings (SSSR count). The summed E-state index contributed by atoms with van der Waals surface area (Å²) in [4.78, 5) is 14.7. The summed E-state index contributed by atoms with van der Waals surface area (Å²) in [5.74, 6) is 1.02. The lowest BCUT2D eigenvalue weighted by Gasteiger charge is -2.35. The molecular weight excluding hydrogens is 274 g/mol. The maximum absolute atomic E-state index is 12.1. The van der Waals surface area contributed by atoms with Crippen LogP contribution in [0.15, 0.2) is 0 Å². The molecule has 0 radical (unpaired) electrons. The fraction of sp³-hybridized carbons (Fsp3) is 0.944. The Morgan fingerprint density at radius 1 is 1.23 bits per heavy atom. The average molecular weight is 309 g/mol. The highest BCUT2D eigenvalue weighted by Crippen LogP contribution is 2.19. The number of likely N-dealkylation sites (tertiary alicyclic amines) is 1. The smallest absolute Gasteiger partial charge is 0.220 e. The van der Waals surface area contributed by atoms with Gasteiger partial charge in [0.1, 0.15) is 0 Å². The standard InChI is InChI=1S/C18H35N3O/c1-2-3-13-21-14-5-4-6-17(21)15-20-18(22)8-7-16-9-11-19-12-10-16/h16-17,19H,2-15H2,1H3,(H,20,22). The van der Waals surface area contributed by atoms with Gasteiger partial charge in [-0.1, -0.05) is 19.8 Å². The molecule has 4 heteroatoms. The molecule has 0 aromatic heterocycles. The number of amides is 1. The van der Waals surface area contributed by atoms with E-state index in [-0.39, 0.29) is 5.91 Å². The quantitative estimate of drug-likeness (QED) is 0.724. The predicted molar refractivity (Wildman–Crippen MR) is 92.0 cm³/mol. The van der Waals surface area contributed by atoms with Gasteiger partial charge in [-0.15, -0.1) is 0 Å². The van der Waals surface area contributed by atoms with Crippen LogP contribution in [-0.2, 0) is 4.79 Å². The minimum absolute atomic E-state index is 0.263. The number of hydrogen-bond acceptors (Lipinski definition) is 3. The molecule has 2 N–H and O–H groups in total. The van der Waals surface area contributed by atoms with Gasteiger partial charge in [0.15, 0.2) is 0 Å². The lowest BCUT2D eigenvalue weighted by molar-refractivity contribution is -0.121. The van der Waals surface area contributed by atoms with Gasteiger partial charge >= 0.3 is 0 Å². The molecule has 22 heavy (non-hydrogen) atoms. The van der Waals surface area contributed by atoms with Crippen LogP contribution < -0.4 is 10.6 Å². The SMILES string of the molecule is CCCCN1CCCCC1CNC(=O)CCC1CCNCC1. The van der Waals surface area contributed by atoms with Crippen molar-refractivity contribution in [2.24, 2.45) is 5.92 Å². The molecule has 2 saturated heterocycles. The number of hydrogen-bond donors (Lipinski definition) is 2. The van der Waals surface area contributed by atoms with Gasteiger partial charge in [0.2, 0.25) is 5.91 Å². The first kappa shape index (κ1) is 17.7. The topological polar surface area (TPSA) is 44.4 Å². The normalized spacial score (nSPS) is 24.3. The summed E-state index contributed by atoms with van der Waals surface area (Å²) >= 11 is 0. The summed E-state index contributed by atoms with van der Waals surface area (Å²) in [6.45, 7) is 7.78. The highest BCUT2D eigenvalue weighted by atomic mass is 16.1. The number of carbonyl (C=O) groups excluding carboxylic acids is 1. The second-order valence-electron chi connectivity index (χ2n) is 7.08. The number of piperidine rings is 2. The Bertz CT molecular complexity index is 315. The van der Waals surface area contributed by atoms with Crippen LogP contribution in [-0.4, -0.2) is 49.6 Å². The summed E-state index contributed by atoms with van der Waals surface area (Å²) < 4.78 is 0. The van der Waals surface area contributed by atoms with E-state index in [9.17, 15) is 4.79 Å². The van der Waals surface area contributed by atoms with Gasteiger partial charge in [-0.3, -0.25) is 9.69 Å². The van der Waals surface area contributed by atoms with Gasteiger partial charge in [0, 0.05) is 19.0 Å². The van der Waals surface area contributed by atoms with E-state index in [1.807, 2.05) is 0 Å². The van der Waals surface area contributed by atoms with Gasteiger partial charge in [0.05, 0.1) is 0 Å². The number of unbranched alkanes of at least 4 members (excludes halogenated alkanes) is 1. The van der Waals surface area contributed by atoms with E-state index in [2.05, 4.69) is 22.5 Å². The van der Waals surface area contributed by atoms with Crippen molar-refractivity contribution >= 4 is 5.91 Å². The second kappa shape index (κ2) is 10.2. The van der Waals surface area contributed by atoms with Crippen LogP contribution in [0.4, 0.5) is 0 Å². The Morgan fingerprint density at radius 2 is 2.05 bits per heavy atom. The molecule has 0 aliphatic carbocycles. The van der Waals surface area contributed by atoms with E-state index in [1.165, 1.54) is 58.0 Å². The molecule has 0 saturated carbocycles. The number of nitrogens with one attached hydrogen (secondary N) is 2. The molecule has 1 atom stereocenters. The van der Waals surface area contributed by atoms with Crippen molar-refractivity contribution in [2.45, 2.75) is 70.8 Å². The average Bonchev–Trinajstić information content (AvgIpc) is 2.58. The maximum atomic E-state index is 12.1. The lowest BCUT2D eigenvalue weighted by atomic mass is 9.93. The number of rotatable bonds is 8. The summed E-state index contributed by atoms with van der Waals surface area (Å²) in [6.07, 6.45) is 10.7. The zero-order chi connectivity index (χ0) is 15.6. The highest BCUT2D eigenvalue weighted by molar-refractivity contribution is 5.75. The van der Waals surface area contributed by atoms with Crippen LogP contribution in [0.25, 0.3) is 0 Å². The third-order valence-corrected chi connectivity index (χ3v) is 5.32. The first-order chi connectivity index (χ1) is 10.8. The van der Waals surface area contributed by atoms with Crippen molar-refractivity contribution in [3.63, 3.8) is 0 Å². The van der Waals surface area contributed by atoms with E-state index in [1.54, 1.807) is 0 Å². The van der Waals surface area contributed by atoms with Gasteiger partial charge in [-0.2, -0.15) is 0 Å². The Labute approximate surface area is 136 Å². The Morgan fingerprint density at radius 3 is 2.82 bits per heavy atom. The van der Waals surface area contributed by atoms with Crippen LogP contribution in [0, 0.1) is 5.92 Å². The van der Waals surface area contributed by atoms with E-state index in [0.29, 0.717) is 12.5 Å². The number of nitrogens with zero attached hydrogens (tertiary/aromatic N) is 1. The molecule has 0 aromatic rings. The molecule has 2 heterocycles. The van der Waals surface area contributed by atoms with E-state index in [4.69, 9.17) is 0 Å². The zero-order valence-corrected chi connectivity index (χ0v) is 14.4. The van der Waals surface area contributed by atoms with Crippen molar-refractivity contribution in [2.75, 3.05) is 32.7 Å². The second-order valence-corrected chi connectivity index (χ2v) is 7.08. The third-order valence-electron chi connectivity index (χ3n) is 5.32. The van der Waals surface area contributed by atoms with Crippen molar-refractivity contribution in [1.82, 2.24) is 15.5 Å². The van der Waals surface area contributed by atoms with Gasteiger partial charge in [-0.25, -0.2) is 0 Å². The Kier molecular flexibility index (Phi) is 8.24. The monoisotopic (exact) mass is 309 g/mol. The van der Waals surface area contributed by atoms with Crippen LogP contribution in [0.3, 0.4) is 0 Å². The first-order valence-corrected chi connectivity index (χ1v) is 9.51. The Balaban J connectivity index is 1.63. The molecule has 1 amide bonds. The van der Waals surface area contributed by atoms with E-state index in [0.717, 1.165) is 32.0 Å². The van der Waals surface area contributed by atoms with Crippen molar-refractivity contribution in [3.8, 4) is 0 Å². The molecule has 0 bridgehead atoms. The minimum atomic E-state index is 0.263. The molecule has 2 aliphatic rings. The largest absolute Gasteiger partial charge is 0.355 e. The molecule has 0 spiro atoms. The maximum Gasteiger partial charge on any atom is 0.220 e. The molecule has 4 nitrogen and oxygen atoms in total. The summed E-state index contributed by atoms with van der Waals surface area (Å²) in [5, 5.41) is 6.59. The molecule has 1 unspecified atom stereocenters. The van der Waals surface area contributed by atoms with E-state index >= 15 is 0 Å². The summed E-state index contributed by atoms with van der Waals surface area (Å²) in [7, 11) is 0. The van der Waals surface area contributed by atoms with Crippen LogP contribution >= 0.6 is 0 Å². The van der Waals surface area contributed by atoms with Crippen LogP contribution in [0.2, 0.25) is 0 Å². The fourth-order valence-electron chi connectivity index (χ4n) is 3.77. The predicted octanol–water partition coefficient (Wildman–Crippen LogP) is 2.54.